The van der Waals surface area contributed by atoms with Gasteiger partial charge >= 0.3 is 0 Å². The molecule has 0 unspecified atom stereocenters. The number of nitrogens with zero attached hydrogens (tertiary/aromatic N) is 3. The smallest absolute Gasteiger partial charge is 0.242 e. The molecular formula is C22H23ClN4O2. The van der Waals surface area contributed by atoms with Crippen LogP contribution in [0.25, 0.3) is 16.9 Å². The molecule has 1 heterocycles. The summed E-state index contributed by atoms with van der Waals surface area (Å²) in [6, 6.07) is 17.2. The van der Waals surface area contributed by atoms with Crippen molar-refractivity contribution >= 4 is 23.4 Å². The van der Waals surface area contributed by atoms with Crippen LogP contribution in [-0.2, 0) is 16.1 Å². The first-order valence-corrected chi connectivity index (χ1v) is 9.76. The Bertz CT molecular complexity index is 984. The molecule has 29 heavy (non-hydrogen) atoms. The molecular weight excluding hydrogens is 388 g/mol. The Balaban J connectivity index is 1.87. The number of carbonyl (C=O) groups excluding carboxylic acids is 2. The highest BCUT2D eigenvalue weighted by Crippen LogP contribution is 2.26. The molecule has 0 atom stereocenters. The molecule has 1 N–H and O–H groups in total. The van der Waals surface area contributed by atoms with E-state index in [2.05, 4.69) is 5.32 Å². The van der Waals surface area contributed by atoms with Gasteiger partial charge in [0.15, 0.2) is 0 Å². The summed E-state index contributed by atoms with van der Waals surface area (Å²) in [7, 11) is 1.71. The van der Waals surface area contributed by atoms with E-state index in [4.69, 9.17) is 16.7 Å². The molecule has 0 aliphatic rings. The highest BCUT2D eigenvalue weighted by Gasteiger charge is 2.17. The fourth-order valence-electron chi connectivity index (χ4n) is 2.87. The van der Waals surface area contributed by atoms with Crippen LogP contribution >= 0.6 is 11.6 Å². The summed E-state index contributed by atoms with van der Waals surface area (Å²) in [5.74, 6) is -0.313. The Kier molecular flexibility index (Phi) is 6.67. The number of hydrogen-bond acceptors (Lipinski definition) is 3. The van der Waals surface area contributed by atoms with Crippen LogP contribution in [0.2, 0.25) is 5.02 Å². The van der Waals surface area contributed by atoms with Gasteiger partial charge in [0.1, 0.15) is 0 Å². The van der Waals surface area contributed by atoms with Crippen molar-refractivity contribution in [2.45, 2.75) is 19.9 Å². The Morgan fingerprint density at radius 2 is 1.79 bits per heavy atom. The molecule has 3 aromatic rings. The van der Waals surface area contributed by atoms with E-state index in [1.54, 1.807) is 23.6 Å². The number of aromatic nitrogens is 2. The SMILES string of the molecule is CCC(=O)NCC(=O)N(C)Cc1cn(-c2ccccc2)nc1-c1ccc(Cl)cc1. The molecule has 0 saturated heterocycles. The number of benzene rings is 2. The van der Waals surface area contributed by atoms with E-state index in [1.165, 1.54) is 0 Å². The molecule has 2 amide bonds. The molecule has 0 spiro atoms. The van der Waals surface area contributed by atoms with Gasteiger partial charge in [-0.15, -0.1) is 0 Å². The third-order valence-electron chi connectivity index (χ3n) is 4.52. The quantitative estimate of drug-likeness (QED) is 0.646. The molecule has 0 aliphatic heterocycles. The summed E-state index contributed by atoms with van der Waals surface area (Å²) >= 11 is 6.03. The summed E-state index contributed by atoms with van der Waals surface area (Å²) in [4.78, 5) is 25.4. The zero-order valence-corrected chi connectivity index (χ0v) is 17.2. The first-order valence-electron chi connectivity index (χ1n) is 9.38. The monoisotopic (exact) mass is 410 g/mol. The first-order chi connectivity index (χ1) is 14.0. The molecule has 1 aromatic heterocycles. The normalized spacial score (nSPS) is 10.6. The summed E-state index contributed by atoms with van der Waals surface area (Å²) in [6.45, 7) is 2.10. The predicted octanol–water partition coefficient (Wildman–Crippen LogP) is 3.68. The van der Waals surface area contributed by atoms with Crippen molar-refractivity contribution in [2.24, 2.45) is 0 Å². The Morgan fingerprint density at radius 3 is 2.45 bits per heavy atom. The van der Waals surface area contributed by atoms with Crippen molar-refractivity contribution in [3.63, 3.8) is 0 Å². The number of halogens is 1. The molecule has 7 heteroatoms. The summed E-state index contributed by atoms with van der Waals surface area (Å²) < 4.78 is 1.80. The van der Waals surface area contributed by atoms with Gasteiger partial charge in [0.2, 0.25) is 11.8 Å². The number of hydrogen-bond donors (Lipinski definition) is 1. The molecule has 0 fully saturated rings. The van der Waals surface area contributed by atoms with Gasteiger partial charge in [-0.25, -0.2) is 4.68 Å². The number of likely N-dealkylation sites (N-methyl/N-ethyl adjacent to an activating group) is 1. The van der Waals surface area contributed by atoms with Crippen LogP contribution in [0.1, 0.15) is 18.9 Å². The topological polar surface area (TPSA) is 67.2 Å². The van der Waals surface area contributed by atoms with Crippen LogP contribution in [0.5, 0.6) is 0 Å². The fraction of sp³-hybridized carbons (Fsp3) is 0.227. The standard InChI is InChI=1S/C22H23ClN4O2/c1-3-20(28)24-13-21(29)26(2)14-17-15-27(19-7-5-4-6-8-19)25-22(17)16-9-11-18(23)12-10-16/h4-12,15H,3,13-14H2,1-2H3,(H,24,28). The van der Waals surface area contributed by atoms with Crippen LogP contribution in [0.15, 0.2) is 60.8 Å². The Labute approximate surface area is 175 Å². The van der Waals surface area contributed by atoms with Crippen molar-refractivity contribution in [3.05, 3.63) is 71.4 Å². The highest BCUT2D eigenvalue weighted by atomic mass is 35.5. The first kappa shape index (κ1) is 20.6. The number of nitrogens with one attached hydrogen (secondary N) is 1. The number of para-hydroxylation sites is 1. The molecule has 3 rings (SSSR count). The summed E-state index contributed by atoms with van der Waals surface area (Å²) in [6.07, 6.45) is 2.27. The van der Waals surface area contributed by atoms with E-state index in [1.807, 2.05) is 60.8 Å². The summed E-state index contributed by atoms with van der Waals surface area (Å²) in [5.41, 5.74) is 3.52. The van der Waals surface area contributed by atoms with Gasteiger partial charge in [-0.3, -0.25) is 9.59 Å². The Morgan fingerprint density at radius 1 is 1.10 bits per heavy atom. The maximum Gasteiger partial charge on any atom is 0.242 e. The van der Waals surface area contributed by atoms with E-state index in [-0.39, 0.29) is 18.4 Å². The third-order valence-corrected chi connectivity index (χ3v) is 4.77. The van der Waals surface area contributed by atoms with E-state index in [0.29, 0.717) is 18.0 Å². The van der Waals surface area contributed by atoms with Gasteiger partial charge < -0.3 is 10.2 Å². The van der Waals surface area contributed by atoms with Crippen LogP contribution in [-0.4, -0.2) is 40.1 Å². The lowest BCUT2D eigenvalue weighted by molar-refractivity contribution is -0.132. The van der Waals surface area contributed by atoms with Gasteiger partial charge in [-0.05, 0) is 24.3 Å². The highest BCUT2D eigenvalue weighted by molar-refractivity contribution is 6.30. The Hall–Kier alpha value is -3.12. The predicted molar refractivity (Wildman–Crippen MR) is 114 cm³/mol. The molecule has 0 bridgehead atoms. The van der Waals surface area contributed by atoms with E-state index in [0.717, 1.165) is 22.5 Å². The van der Waals surface area contributed by atoms with Gasteiger partial charge in [0.25, 0.3) is 0 Å². The van der Waals surface area contributed by atoms with Crippen LogP contribution in [0.3, 0.4) is 0 Å². The minimum absolute atomic E-state index is 0.0216. The molecule has 2 aromatic carbocycles. The van der Waals surface area contributed by atoms with Gasteiger partial charge in [0.05, 0.1) is 17.9 Å². The molecule has 150 valence electrons. The van der Waals surface area contributed by atoms with Gasteiger partial charge in [-0.1, -0.05) is 48.9 Å². The van der Waals surface area contributed by atoms with Crippen LogP contribution in [0, 0.1) is 0 Å². The van der Waals surface area contributed by atoms with Crippen LogP contribution < -0.4 is 5.32 Å². The average molecular weight is 411 g/mol. The minimum atomic E-state index is -0.165. The fourth-order valence-corrected chi connectivity index (χ4v) is 2.99. The zero-order chi connectivity index (χ0) is 20.8. The number of rotatable bonds is 7. The zero-order valence-electron chi connectivity index (χ0n) is 16.4. The number of amides is 2. The van der Waals surface area contributed by atoms with E-state index < -0.39 is 0 Å². The lowest BCUT2D eigenvalue weighted by Gasteiger charge is -2.17. The maximum absolute atomic E-state index is 12.4. The number of carbonyl (C=O) groups is 2. The molecule has 0 radical (unpaired) electrons. The van der Waals surface area contributed by atoms with E-state index >= 15 is 0 Å². The van der Waals surface area contributed by atoms with Crippen molar-refractivity contribution in [1.29, 1.82) is 0 Å². The maximum atomic E-state index is 12.4. The van der Waals surface area contributed by atoms with Gasteiger partial charge in [0, 0.05) is 42.4 Å². The van der Waals surface area contributed by atoms with Gasteiger partial charge in [-0.2, -0.15) is 5.10 Å². The van der Waals surface area contributed by atoms with E-state index in [9.17, 15) is 9.59 Å². The lowest BCUT2D eigenvalue weighted by atomic mass is 10.1. The van der Waals surface area contributed by atoms with Crippen molar-refractivity contribution in [2.75, 3.05) is 13.6 Å². The van der Waals surface area contributed by atoms with Crippen molar-refractivity contribution in [3.8, 4) is 16.9 Å². The largest absolute Gasteiger partial charge is 0.347 e. The van der Waals surface area contributed by atoms with Crippen molar-refractivity contribution < 1.29 is 9.59 Å². The average Bonchev–Trinajstić information content (AvgIpc) is 3.16. The third kappa shape index (κ3) is 5.23. The molecule has 6 nitrogen and oxygen atoms in total. The molecule has 0 saturated carbocycles. The minimum Gasteiger partial charge on any atom is -0.347 e. The second kappa shape index (κ2) is 9.39. The second-order valence-electron chi connectivity index (χ2n) is 6.67. The second-order valence-corrected chi connectivity index (χ2v) is 7.11. The van der Waals surface area contributed by atoms with Crippen LogP contribution in [0.4, 0.5) is 0 Å². The summed E-state index contributed by atoms with van der Waals surface area (Å²) in [5, 5.41) is 8.01. The molecule has 0 aliphatic carbocycles. The lowest BCUT2D eigenvalue weighted by Crippen LogP contribution is -2.37. The van der Waals surface area contributed by atoms with Crippen molar-refractivity contribution in [1.82, 2.24) is 20.0 Å².